The number of hydrogen-bond donors (Lipinski definition) is 2. The van der Waals surface area contributed by atoms with Crippen molar-refractivity contribution >= 4 is 40.9 Å². The Hall–Kier alpha value is -4.28. The van der Waals surface area contributed by atoms with Crippen molar-refractivity contribution in [3.05, 3.63) is 89.0 Å². The lowest BCUT2D eigenvalue weighted by Gasteiger charge is -2.09. The average Bonchev–Trinajstić information content (AvgIpc) is 2.83. The van der Waals surface area contributed by atoms with Crippen LogP contribution < -0.4 is 20.1 Å². The van der Waals surface area contributed by atoms with E-state index in [0.717, 1.165) is 0 Å². The number of carbonyl (C=O) groups is 2. The molecule has 7 nitrogen and oxygen atoms in total. The van der Waals surface area contributed by atoms with Crippen LogP contribution in [0.1, 0.15) is 5.56 Å². The summed E-state index contributed by atoms with van der Waals surface area (Å²) in [5, 5.41) is 15.3. The van der Waals surface area contributed by atoms with Gasteiger partial charge in [-0.1, -0.05) is 23.7 Å². The number of nitrogens with one attached hydrogen (secondary N) is 2. The number of anilines is 2. The number of hydrogen-bond acceptors (Lipinski definition) is 5. The summed E-state index contributed by atoms with van der Waals surface area (Å²) in [6.07, 6.45) is 1.44. The minimum Gasteiger partial charge on any atom is -0.497 e. The van der Waals surface area contributed by atoms with Crippen LogP contribution in [0.4, 0.5) is 11.4 Å². The topological polar surface area (TPSA) is 100 Å². The van der Waals surface area contributed by atoms with Gasteiger partial charge in [-0.2, -0.15) is 5.26 Å². The Kier molecular flexibility index (Phi) is 8.06. The van der Waals surface area contributed by atoms with Crippen LogP contribution in [0.15, 0.2) is 78.4 Å². The number of nitriles is 1. The first-order valence-corrected chi connectivity index (χ1v) is 10.2. The molecule has 3 aromatic rings. The van der Waals surface area contributed by atoms with Gasteiger partial charge >= 0.3 is 0 Å². The molecule has 0 fully saturated rings. The van der Waals surface area contributed by atoms with Crippen molar-refractivity contribution in [1.29, 1.82) is 5.26 Å². The molecular formula is C25H20ClN3O4. The average molecular weight is 462 g/mol. The van der Waals surface area contributed by atoms with Gasteiger partial charge in [0.1, 0.15) is 23.1 Å². The van der Waals surface area contributed by atoms with Crippen molar-refractivity contribution in [2.24, 2.45) is 0 Å². The Bertz CT molecular complexity index is 1200. The van der Waals surface area contributed by atoms with E-state index in [9.17, 15) is 14.9 Å². The van der Waals surface area contributed by atoms with Gasteiger partial charge < -0.3 is 20.1 Å². The molecule has 0 saturated carbocycles. The summed E-state index contributed by atoms with van der Waals surface area (Å²) in [6.45, 7) is -0.207. The molecule has 0 aliphatic rings. The highest BCUT2D eigenvalue weighted by molar-refractivity contribution is 6.30. The standard InChI is InChI=1S/C25H20ClN3O4/c1-32-22-11-9-20(10-12-22)28-24(30)16-33-23-4-2-3-17(14-23)13-18(15-27)25(31)29-21-7-5-19(26)6-8-21/h2-14H,16H2,1H3,(H,28,30)(H,29,31)/b18-13-. The highest BCUT2D eigenvalue weighted by Crippen LogP contribution is 2.19. The lowest BCUT2D eigenvalue weighted by atomic mass is 10.1. The highest BCUT2D eigenvalue weighted by atomic mass is 35.5. The SMILES string of the molecule is COc1ccc(NC(=O)COc2cccc(/C=C(/C#N)C(=O)Nc3ccc(Cl)cc3)c2)cc1. The minimum atomic E-state index is -0.551. The summed E-state index contributed by atoms with van der Waals surface area (Å²) in [5.74, 6) is 0.225. The van der Waals surface area contributed by atoms with Crippen molar-refractivity contribution in [2.45, 2.75) is 0 Å². The molecule has 8 heteroatoms. The van der Waals surface area contributed by atoms with Gasteiger partial charge in [-0.05, 0) is 72.3 Å². The molecular weight excluding hydrogens is 442 g/mol. The molecule has 166 valence electrons. The van der Waals surface area contributed by atoms with Crippen molar-refractivity contribution in [3.63, 3.8) is 0 Å². The van der Waals surface area contributed by atoms with Crippen LogP contribution in [0.25, 0.3) is 6.08 Å². The maximum Gasteiger partial charge on any atom is 0.266 e. The van der Waals surface area contributed by atoms with Crippen molar-refractivity contribution < 1.29 is 19.1 Å². The normalized spacial score (nSPS) is 10.6. The van der Waals surface area contributed by atoms with Crippen molar-refractivity contribution in [1.82, 2.24) is 0 Å². The van der Waals surface area contributed by atoms with Gasteiger partial charge in [0, 0.05) is 16.4 Å². The van der Waals surface area contributed by atoms with E-state index < -0.39 is 5.91 Å². The third kappa shape index (κ3) is 7.13. The molecule has 0 radical (unpaired) electrons. The molecule has 2 N–H and O–H groups in total. The zero-order chi connectivity index (χ0) is 23.6. The van der Waals surface area contributed by atoms with E-state index in [1.807, 2.05) is 6.07 Å². The molecule has 0 aromatic heterocycles. The van der Waals surface area contributed by atoms with Gasteiger partial charge in [0.25, 0.3) is 11.8 Å². The van der Waals surface area contributed by atoms with Gasteiger partial charge in [-0.25, -0.2) is 0 Å². The molecule has 2 amide bonds. The third-order valence-electron chi connectivity index (χ3n) is 4.38. The summed E-state index contributed by atoms with van der Waals surface area (Å²) in [6, 6.07) is 22.1. The molecule has 0 heterocycles. The Morgan fingerprint density at radius 3 is 2.30 bits per heavy atom. The number of rotatable bonds is 8. The summed E-state index contributed by atoms with van der Waals surface area (Å²) < 4.78 is 10.6. The Labute approximate surface area is 196 Å². The Morgan fingerprint density at radius 1 is 0.970 bits per heavy atom. The van der Waals surface area contributed by atoms with Crippen LogP contribution in [0.3, 0.4) is 0 Å². The number of amides is 2. The largest absolute Gasteiger partial charge is 0.497 e. The first-order valence-electron chi connectivity index (χ1n) is 9.82. The van der Waals surface area contributed by atoms with Gasteiger partial charge in [-0.3, -0.25) is 9.59 Å². The lowest BCUT2D eigenvalue weighted by molar-refractivity contribution is -0.118. The highest BCUT2D eigenvalue weighted by Gasteiger charge is 2.10. The van der Waals surface area contributed by atoms with Crippen molar-refractivity contribution in [2.75, 3.05) is 24.4 Å². The second-order valence-electron chi connectivity index (χ2n) is 6.77. The number of carbonyl (C=O) groups excluding carboxylic acids is 2. The van der Waals surface area contributed by atoms with Crippen LogP contribution in [-0.2, 0) is 9.59 Å². The fourth-order valence-electron chi connectivity index (χ4n) is 2.76. The first-order chi connectivity index (χ1) is 16.0. The van der Waals surface area contributed by atoms with Crippen LogP contribution >= 0.6 is 11.6 Å². The van der Waals surface area contributed by atoms with E-state index in [1.165, 1.54) is 6.08 Å². The van der Waals surface area contributed by atoms with E-state index in [4.69, 9.17) is 21.1 Å². The lowest BCUT2D eigenvalue weighted by Crippen LogP contribution is -2.20. The second-order valence-corrected chi connectivity index (χ2v) is 7.21. The molecule has 3 rings (SSSR count). The summed E-state index contributed by atoms with van der Waals surface area (Å²) in [4.78, 5) is 24.6. The van der Waals surface area contributed by atoms with Gasteiger partial charge in [0.2, 0.25) is 0 Å². The van der Waals surface area contributed by atoms with Crippen LogP contribution in [0.2, 0.25) is 5.02 Å². The summed E-state index contributed by atoms with van der Waals surface area (Å²) >= 11 is 5.84. The number of nitrogens with zero attached hydrogens (tertiary/aromatic N) is 1. The zero-order valence-electron chi connectivity index (χ0n) is 17.7. The molecule has 0 aliphatic carbocycles. The molecule has 0 unspecified atom stereocenters. The maximum absolute atomic E-state index is 12.4. The number of methoxy groups -OCH3 is 1. The van der Waals surface area contributed by atoms with E-state index in [-0.39, 0.29) is 18.1 Å². The van der Waals surface area contributed by atoms with E-state index >= 15 is 0 Å². The van der Waals surface area contributed by atoms with Crippen molar-refractivity contribution in [3.8, 4) is 17.6 Å². The summed E-state index contributed by atoms with van der Waals surface area (Å²) in [7, 11) is 1.57. The fourth-order valence-corrected chi connectivity index (χ4v) is 2.89. The molecule has 0 saturated heterocycles. The van der Waals surface area contributed by atoms with Gasteiger partial charge in [0.05, 0.1) is 7.11 Å². The summed E-state index contributed by atoms with van der Waals surface area (Å²) in [5.41, 5.74) is 1.63. The molecule has 0 bridgehead atoms. The predicted molar refractivity (Wildman–Crippen MR) is 127 cm³/mol. The zero-order valence-corrected chi connectivity index (χ0v) is 18.4. The predicted octanol–water partition coefficient (Wildman–Crippen LogP) is 4.91. The molecule has 0 spiro atoms. The van der Waals surface area contributed by atoms with Crippen LogP contribution in [0.5, 0.6) is 11.5 Å². The number of ether oxygens (including phenoxy) is 2. The molecule has 0 aliphatic heterocycles. The number of halogens is 1. The quantitative estimate of drug-likeness (QED) is 0.366. The van der Waals surface area contributed by atoms with E-state index in [2.05, 4.69) is 10.6 Å². The number of benzene rings is 3. The van der Waals surface area contributed by atoms with Gasteiger partial charge in [0.15, 0.2) is 6.61 Å². The molecule has 3 aromatic carbocycles. The minimum absolute atomic E-state index is 0.0839. The Balaban J connectivity index is 1.60. The maximum atomic E-state index is 12.4. The van der Waals surface area contributed by atoms with E-state index in [1.54, 1.807) is 79.9 Å². The van der Waals surface area contributed by atoms with Crippen LogP contribution in [-0.4, -0.2) is 25.5 Å². The second kappa shape index (κ2) is 11.4. The third-order valence-corrected chi connectivity index (χ3v) is 4.63. The van der Waals surface area contributed by atoms with Crippen LogP contribution in [0, 0.1) is 11.3 Å². The first kappa shape index (κ1) is 23.4. The fraction of sp³-hybridized carbons (Fsp3) is 0.0800. The molecule has 0 atom stereocenters. The Morgan fingerprint density at radius 2 is 1.64 bits per heavy atom. The molecule has 33 heavy (non-hydrogen) atoms. The van der Waals surface area contributed by atoms with E-state index in [0.29, 0.717) is 33.5 Å². The smallest absolute Gasteiger partial charge is 0.266 e. The van der Waals surface area contributed by atoms with Gasteiger partial charge in [-0.15, -0.1) is 0 Å². The monoisotopic (exact) mass is 461 g/mol.